The molecule has 5 heteroatoms. The summed E-state index contributed by atoms with van der Waals surface area (Å²) in [6, 6.07) is 20.9. The van der Waals surface area contributed by atoms with Gasteiger partial charge in [0.1, 0.15) is 0 Å². The molecule has 0 amide bonds. The third kappa shape index (κ3) is 4.29. The number of hydrogen-bond donors (Lipinski definition) is 0. The number of para-hydroxylation sites is 1. The van der Waals surface area contributed by atoms with Crippen LogP contribution in [0, 0.1) is 0 Å². The fraction of sp³-hybridized carbons (Fsp3) is 0.333. The normalized spacial score (nSPS) is 15.8. The Morgan fingerprint density at radius 2 is 1.50 bits per heavy atom. The molecule has 0 spiro atoms. The van der Waals surface area contributed by atoms with E-state index in [0.717, 1.165) is 39.1 Å². The van der Waals surface area contributed by atoms with Crippen LogP contribution in [0.15, 0.2) is 65.1 Å². The molecule has 1 aliphatic rings. The summed E-state index contributed by atoms with van der Waals surface area (Å²) in [7, 11) is 0. The molecule has 1 fully saturated rings. The average molecular weight is 348 g/mol. The van der Waals surface area contributed by atoms with Crippen molar-refractivity contribution in [2.75, 3.05) is 31.1 Å². The van der Waals surface area contributed by atoms with Gasteiger partial charge in [0.2, 0.25) is 11.8 Å². The van der Waals surface area contributed by atoms with Gasteiger partial charge in [0.15, 0.2) is 0 Å². The van der Waals surface area contributed by atoms with Crippen LogP contribution in [0.4, 0.5) is 5.69 Å². The van der Waals surface area contributed by atoms with Gasteiger partial charge in [0.25, 0.3) is 0 Å². The third-order valence-electron chi connectivity index (χ3n) is 4.78. The Morgan fingerprint density at radius 3 is 2.31 bits per heavy atom. The zero-order valence-corrected chi connectivity index (χ0v) is 14.9. The van der Waals surface area contributed by atoms with Gasteiger partial charge in [-0.3, -0.25) is 4.90 Å². The molecule has 5 nitrogen and oxygen atoms in total. The van der Waals surface area contributed by atoms with Crippen molar-refractivity contribution in [3.05, 3.63) is 78.0 Å². The van der Waals surface area contributed by atoms with Crippen LogP contribution in [0.25, 0.3) is 0 Å². The quantitative estimate of drug-likeness (QED) is 0.707. The Labute approximate surface area is 154 Å². The van der Waals surface area contributed by atoms with Crippen molar-refractivity contribution in [3.8, 4) is 0 Å². The van der Waals surface area contributed by atoms with Crippen LogP contribution in [0.2, 0.25) is 0 Å². The summed E-state index contributed by atoms with van der Waals surface area (Å²) in [5.74, 6) is 1.40. The van der Waals surface area contributed by atoms with Gasteiger partial charge in [-0.15, -0.1) is 10.2 Å². The minimum Gasteiger partial charge on any atom is -0.424 e. The summed E-state index contributed by atoms with van der Waals surface area (Å²) < 4.78 is 5.87. The van der Waals surface area contributed by atoms with Gasteiger partial charge >= 0.3 is 0 Å². The lowest BCUT2D eigenvalue weighted by molar-refractivity contribution is 0.252. The molecule has 0 N–H and O–H groups in total. The fourth-order valence-corrected chi connectivity index (χ4v) is 3.41. The van der Waals surface area contributed by atoms with E-state index in [1.165, 1.54) is 11.3 Å². The second-order valence-electron chi connectivity index (χ2n) is 6.70. The Balaban J connectivity index is 1.33. The highest BCUT2D eigenvalue weighted by Gasteiger charge is 2.17. The van der Waals surface area contributed by atoms with E-state index in [0.29, 0.717) is 18.2 Å². The molecule has 0 bridgehead atoms. The van der Waals surface area contributed by atoms with Gasteiger partial charge in [0.05, 0.1) is 13.0 Å². The van der Waals surface area contributed by atoms with E-state index in [-0.39, 0.29) is 0 Å². The zero-order chi connectivity index (χ0) is 17.6. The summed E-state index contributed by atoms with van der Waals surface area (Å²) in [4.78, 5) is 4.86. The van der Waals surface area contributed by atoms with Crippen molar-refractivity contribution in [1.29, 1.82) is 0 Å². The van der Waals surface area contributed by atoms with E-state index in [2.05, 4.69) is 62.5 Å². The van der Waals surface area contributed by atoms with Crippen LogP contribution in [0.5, 0.6) is 0 Å². The van der Waals surface area contributed by atoms with Gasteiger partial charge < -0.3 is 9.32 Å². The molecule has 2 aromatic carbocycles. The largest absolute Gasteiger partial charge is 0.424 e. The second kappa shape index (κ2) is 8.15. The fourth-order valence-electron chi connectivity index (χ4n) is 3.41. The number of aromatic nitrogens is 2. The average Bonchev–Trinajstić information content (AvgIpc) is 2.98. The van der Waals surface area contributed by atoms with Crippen LogP contribution in [-0.4, -0.2) is 41.3 Å². The lowest BCUT2D eigenvalue weighted by Crippen LogP contribution is -2.30. The summed E-state index contributed by atoms with van der Waals surface area (Å²) in [6.07, 6.45) is 1.83. The van der Waals surface area contributed by atoms with E-state index >= 15 is 0 Å². The Hall–Kier alpha value is -2.66. The topological polar surface area (TPSA) is 45.4 Å². The molecule has 0 radical (unpaired) electrons. The molecular weight excluding hydrogens is 324 g/mol. The Morgan fingerprint density at radius 1 is 0.769 bits per heavy atom. The molecule has 4 rings (SSSR count). The molecule has 1 aromatic heterocycles. The first-order chi connectivity index (χ1) is 12.9. The smallest absolute Gasteiger partial charge is 0.230 e. The van der Waals surface area contributed by atoms with Gasteiger partial charge in [0, 0.05) is 31.9 Å². The van der Waals surface area contributed by atoms with E-state index in [1.807, 2.05) is 18.2 Å². The van der Waals surface area contributed by atoms with E-state index < -0.39 is 0 Å². The lowest BCUT2D eigenvalue weighted by Gasteiger charge is -2.23. The maximum atomic E-state index is 5.87. The number of nitrogens with zero attached hydrogens (tertiary/aromatic N) is 4. The van der Waals surface area contributed by atoms with Gasteiger partial charge in [-0.2, -0.15) is 0 Å². The van der Waals surface area contributed by atoms with Crippen molar-refractivity contribution >= 4 is 5.69 Å². The second-order valence-corrected chi connectivity index (χ2v) is 6.70. The molecule has 1 saturated heterocycles. The van der Waals surface area contributed by atoms with Crippen molar-refractivity contribution in [2.45, 2.75) is 19.4 Å². The Kier molecular flexibility index (Phi) is 5.26. The predicted octanol–water partition coefficient (Wildman–Crippen LogP) is 3.37. The van der Waals surface area contributed by atoms with Crippen LogP contribution in [-0.2, 0) is 13.0 Å². The molecule has 1 aliphatic heterocycles. The molecule has 0 unspecified atom stereocenters. The first-order valence-corrected chi connectivity index (χ1v) is 9.24. The van der Waals surface area contributed by atoms with E-state index in [1.54, 1.807) is 0 Å². The highest BCUT2D eigenvalue weighted by Crippen LogP contribution is 2.17. The maximum absolute atomic E-state index is 5.87. The minimum atomic E-state index is 0.687. The molecular formula is C21H24N4O. The molecule has 3 aromatic rings. The van der Waals surface area contributed by atoms with Gasteiger partial charge in [-0.1, -0.05) is 48.5 Å². The molecule has 134 valence electrons. The standard InChI is InChI=1S/C21H24N4O/c1-3-8-18(9-4-1)16-20-22-23-21(26-20)17-24-12-7-13-25(15-14-24)19-10-5-2-6-11-19/h1-6,8-11H,7,12-17H2. The predicted molar refractivity (Wildman–Crippen MR) is 102 cm³/mol. The van der Waals surface area contributed by atoms with Crippen LogP contribution in [0.3, 0.4) is 0 Å². The van der Waals surface area contributed by atoms with E-state index in [9.17, 15) is 0 Å². The summed E-state index contributed by atoms with van der Waals surface area (Å²) in [6.45, 7) is 4.90. The van der Waals surface area contributed by atoms with Gasteiger partial charge in [-0.05, 0) is 24.1 Å². The van der Waals surface area contributed by atoms with Crippen molar-refractivity contribution in [3.63, 3.8) is 0 Å². The summed E-state index contributed by atoms with van der Waals surface area (Å²) >= 11 is 0. The summed E-state index contributed by atoms with van der Waals surface area (Å²) in [5, 5.41) is 8.45. The highest BCUT2D eigenvalue weighted by molar-refractivity contribution is 5.46. The third-order valence-corrected chi connectivity index (χ3v) is 4.78. The number of anilines is 1. The number of benzene rings is 2. The zero-order valence-electron chi connectivity index (χ0n) is 14.9. The van der Waals surface area contributed by atoms with Crippen LogP contribution >= 0.6 is 0 Å². The minimum absolute atomic E-state index is 0.687. The molecule has 0 atom stereocenters. The molecule has 0 saturated carbocycles. The van der Waals surface area contributed by atoms with Crippen molar-refractivity contribution in [2.24, 2.45) is 0 Å². The van der Waals surface area contributed by atoms with E-state index in [4.69, 9.17) is 4.42 Å². The van der Waals surface area contributed by atoms with Crippen LogP contribution < -0.4 is 4.90 Å². The molecule has 26 heavy (non-hydrogen) atoms. The maximum Gasteiger partial charge on any atom is 0.230 e. The SMILES string of the molecule is c1ccc(Cc2nnc(CN3CCCN(c4ccccc4)CC3)o2)cc1. The lowest BCUT2D eigenvalue weighted by atomic mass is 10.2. The monoisotopic (exact) mass is 348 g/mol. The van der Waals surface area contributed by atoms with Crippen LogP contribution in [0.1, 0.15) is 23.8 Å². The molecule has 0 aliphatic carbocycles. The van der Waals surface area contributed by atoms with Gasteiger partial charge in [-0.25, -0.2) is 0 Å². The first-order valence-electron chi connectivity index (χ1n) is 9.24. The number of rotatable bonds is 5. The van der Waals surface area contributed by atoms with Crippen molar-refractivity contribution in [1.82, 2.24) is 15.1 Å². The summed E-state index contributed by atoms with van der Waals surface area (Å²) in [5.41, 5.74) is 2.49. The number of hydrogen-bond acceptors (Lipinski definition) is 5. The van der Waals surface area contributed by atoms with Crippen molar-refractivity contribution < 1.29 is 4.42 Å². The Bertz CT molecular complexity index is 803. The first kappa shape index (κ1) is 16.8. The molecule has 2 heterocycles. The highest BCUT2D eigenvalue weighted by atomic mass is 16.4.